The molecule has 2 rings (SSSR count). The molecule has 19 heavy (non-hydrogen) atoms. The summed E-state index contributed by atoms with van der Waals surface area (Å²) in [6.45, 7) is 0. The van der Waals surface area contributed by atoms with Gasteiger partial charge in [0.15, 0.2) is 0 Å². The molecule has 0 saturated carbocycles. The first-order valence-corrected chi connectivity index (χ1v) is 6.32. The Hall–Kier alpha value is -2.21. The van der Waals surface area contributed by atoms with E-state index in [1.54, 1.807) is 38.5 Å². The quantitative estimate of drug-likeness (QED) is 0.933. The lowest BCUT2D eigenvalue weighted by molar-refractivity contribution is 0.0701. The molecule has 0 bridgehead atoms. The second-order valence-electron chi connectivity index (χ2n) is 4.07. The van der Waals surface area contributed by atoms with Crippen molar-refractivity contribution in [1.82, 2.24) is 9.88 Å². The molecule has 0 aliphatic rings. The molecule has 2 aromatic rings. The number of carboxylic acids is 1. The predicted molar refractivity (Wildman–Crippen MR) is 72.5 cm³/mol. The van der Waals surface area contributed by atoms with Gasteiger partial charge in [-0.3, -0.25) is 9.78 Å². The SMILES string of the molecule is CN(C)C(=O)c1cccnc1-c1ccc(C(=O)O)s1. The zero-order chi connectivity index (χ0) is 14.0. The van der Waals surface area contributed by atoms with Crippen molar-refractivity contribution in [1.29, 1.82) is 0 Å². The highest BCUT2D eigenvalue weighted by Gasteiger charge is 2.17. The van der Waals surface area contributed by atoms with Crippen LogP contribution in [0.4, 0.5) is 0 Å². The highest BCUT2D eigenvalue weighted by Crippen LogP contribution is 2.29. The minimum absolute atomic E-state index is 0.159. The van der Waals surface area contributed by atoms with Crippen LogP contribution in [0.15, 0.2) is 30.5 Å². The van der Waals surface area contributed by atoms with Crippen LogP contribution in [-0.2, 0) is 0 Å². The number of aromatic carboxylic acids is 1. The average Bonchev–Trinajstić information content (AvgIpc) is 2.87. The van der Waals surface area contributed by atoms with E-state index in [9.17, 15) is 9.59 Å². The van der Waals surface area contributed by atoms with E-state index in [-0.39, 0.29) is 10.8 Å². The van der Waals surface area contributed by atoms with Crippen molar-refractivity contribution in [2.24, 2.45) is 0 Å². The van der Waals surface area contributed by atoms with Gasteiger partial charge in [-0.05, 0) is 24.3 Å². The molecule has 2 heterocycles. The third-order valence-electron chi connectivity index (χ3n) is 2.49. The van der Waals surface area contributed by atoms with Gasteiger partial charge in [0.05, 0.1) is 16.1 Å². The molecule has 5 nitrogen and oxygen atoms in total. The Kier molecular flexibility index (Phi) is 3.62. The van der Waals surface area contributed by atoms with Crippen LogP contribution in [0.2, 0.25) is 0 Å². The fraction of sp³-hybridized carbons (Fsp3) is 0.154. The summed E-state index contributed by atoms with van der Waals surface area (Å²) in [5, 5.41) is 8.93. The molecule has 0 fully saturated rings. The van der Waals surface area contributed by atoms with Gasteiger partial charge in [0.25, 0.3) is 5.91 Å². The van der Waals surface area contributed by atoms with Crippen molar-refractivity contribution in [3.8, 4) is 10.6 Å². The lowest BCUT2D eigenvalue weighted by Gasteiger charge is -2.12. The molecule has 0 saturated heterocycles. The van der Waals surface area contributed by atoms with E-state index < -0.39 is 5.97 Å². The first-order valence-electron chi connectivity index (χ1n) is 5.51. The summed E-state index contributed by atoms with van der Waals surface area (Å²) in [5.41, 5.74) is 0.977. The Morgan fingerprint density at radius 3 is 2.58 bits per heavy atom. The van der Waals surface area contributed by atoms with Gasteiger partial charge in [0.2, 0.25) is 0 Å². The minimum atomic E-state index is -0.979. The number of rotatable bonds is 3. The Morgan fingerprint density at radius 1 is 1.26 bits per heavy atom. The summed E-state index contributed by atoms with van der Waals surface area (Å²) < 4.78 is 0. The Morgan fingerprint density at radius 2 is 2.00 bits per heavy atom. The summed E-state index contributed by atoms with van der Waals surface area (Å²) in [5.74, 6) is -1.14. The van der Waals surface area contributed by atoms with Crippen LogP contribution < -0.4 is 0 Å². The van der Waals surface area contributed by atoms with E-state index in [0.29, 0.717) is 16.1 Å². The average molecular weight is 276 g/mol. The summed E-state index contributed by atoms with van der Waals surface area (Å²) in [6.07, 6.45) is 1.59. The van der Waals surface area contributed by atoms with Gasteiger partial charge in [-0.1, -0.05) is 0 Å². The lowest BCUT2D eigenvalue weighted by Crippen LogP contribution is -2.22. The zero-order valence-corrected chi connectivity index (χ0v) is 11.3. The first-order chi connectivity index (χ1) is 9.00. The van der Waals surface area contributed by atoms with Gasteiger partial charge in [-0.15, -0.1) is 11.3 Å². The van der Waals surface area contributed by atoms with Crippen LogP contribution in [-0.4, -0.2) is 41.0 Å². The monoisotopic (exact) mass is 276 g/mol. The van der Waals surface area contributed by atoms with E-state index in [0.717, 1.165) is 11.3 Å². The number of amides is 1. The van der Waals surface area contributed by atoms with Crippen molar-refractivity contribution in [2.75, 3.05) is 14.1 Å². The van der Waals surface area contributed by atoms with E-state index in [1.807, 2.05) is 0 Å². The number of pyridine rings is 1. The molecular formula is C13H12N2O3S. The first kappa shape index (κ1) is 13.2. The molecule has 6 heteroatoms. The number of carbonyl (C=O) groups is 2. The van der Waals surface area contributed by atoms with Gasteiger partial charge >= 0.3 is 5.97 Å². The van der Waals surface area contributed by atoms with Crippen LogP contribution in [0.1, 0.15) is 20.0 Å². The molecule has 98 valence electrons. The Balaban J connectivity index is 2.50. The number of hydrogen-bond acceptors (Lipinski definition) is 4. The molecule has 0 aliphatic carbocycles. The Bertz CT molecular complexity index is 634. The van der Waals surface area contributed by atoms with E-state index >= 15 is 0 Å². The number of hydrogen-bond donors (Lipinski definition) is 1. The van der Waals surface area contributed by atoms with Gasteiger partial charge in [-0.25, -0.2) is 4.79 Å². The van der Waals surface area contributed by atoms with Crippen molar-refractivity contribution in [3.05, 3.63) is 40.9 Å². The second-order valence-corrected chi connectivity index (χ2v) is 5.15. The Labute approximate surface area is 114 Å². The van der Waals surface area contributed by atoms with E-state index in [1.165, 1.54) is 11.0 Å². The lowest BCUT2D eigenvalue weighted by atomic mass is 10.1. The van der Waals surface area contributed by atoms with E-state index in [4.69, 9.17) is 5.11 Å². The maximum Gasteiger partial charge on any atom is 0.345 e. The van der Waals surface area contributed by atoms with Crippen LogP contribution in [0, 0.1) is 0 Å². The van der Waals surface area contributed by atoms with Crippen molar-refractivity contribution in [3.63, 3.8) is 0 Å². The van der Waals surface area contributed by atoms with Gasteiger partial charge in [0, 0.05) is 20.3 Å². The third kappa shape index (κ3) is 2.63. The van der Waals surface area contributed by atoms with Crippen molar-refractivity contribution < 1.29 is 14.7 Å². The van der Waals surface area contributed by atoms with Crippen molar-refractivity contribution >= 4 is 23.2 Å². The maximum absolute atomic E-state index is 12.1. The van der Waals surface area contributed by atoms with Gasteiger partial charge in [0.1, 0.15) is 4.88 Å². The molecule has 1 N–H and O–H groups in total. The molecule has 0 atom stereocenters. The summed E-state index contributed by atoms with van der Waals surface area (Å²) in [4.78, 5) is 29.5. The fourth-order valence-corrected chi connectivity index (χ4v) is 2.45. The van der Waals surface area contributed by atoms with Gasteiger partial charge in [-0.2, -0.15) is 0 Å². The van der Waals surface area contributed by atoms with Crippen molar-refractivity contribution in [2.45, 2.75) is 0 Å². The molecular weight excluding hydrogens is 264 g/mol. The summed E-state index contributed by atoms with van der Waals surface area (Å²) in [7, 11) is 3.33. The fourth-order valence-electron chi connectivity index (χ4n) is 1.60. The number of nitrogens with zero attached hydrogens (tertiary/aromatic N) is 2. The number of aromatic nitrogens is 1. The van der Waals surface area contributed by atoms with Crippen LogP contribution in [0.5, 0.6) is 0 Å². The largest absolute Gasteiger partial charge is 0.477 e. The van der Waals surface area contributed by atoms with Crippen LogP contribution >= 0.6 is 11.3 Å². The molecule has 0 unspecified atom stereocenters. The van der Waals surface area contributed by atoms with Gasteiger partial charge < -0.3 is 10.0 Å². The van der Waals surface area contributed by atoms with Crippen LogP contribution in [0.3, 0.4) is 0 Å². The smallest absolute Gasteiger partial charge is 0.345 e. The molecule has 0 aliphatic heterocycles. The normalized spacial score (nSPS) is 10.2. The molecule has 0 radical (unpaired) electrons. The topological polar surface area (TPSA) is 70.5 Å². The summed E-state index contributed by atoms with van der Waals surface area (Å²) in [6, 6.07) is 6.56. The molecule has 0 aromatic carbocycles. The zero-order valence-electron chi connectivity index (χ0n) is 10.5. The number of thiophene rings is 1. The second kappa shape index (κ2) is 5.19. The van der Waals surface area contributed by atoms with Crippen LogP contribution in [0.25, 0.3) is 10.6 Å². The predicted octanol–water partition coefficient (Wildman–Crippen LogP) is 2.21. The highest BCUT2D eigenvalue weighted by atomic mass is 32.1. The number of carboxylic acid groups (broad SMARTS) is 1. The highest BCUT2D eigenvalue weighted by molar-refractivity contribution is 7.17. The summed E-state index contributed by atoms with van der Waals surface area (Å²) >= 11 is 1.10. The minimum Gasteiger partial charge on any atom is -0.477 e. The molecule has 1 amide bonds. The third-order valence-corrected chi connectivity index (χ3v) is 3.57. The molecule has 0 spiro atoms. The number of carbonyl (C=O) groups excluding carboxylic acids is 1. The van der Waals surface area contributed by atoms with E-state index in [2.05, 4.69) is 4.98 Å². The maximum atomic E-state index is 12.1. The molecule has 2 aromatic heterocycles. The standard InChI is InChI=1S/C13H12N2O3S/c1-15(2)12(16)8-4-3-7-14-11(8)9-5-6-10(19-9)13(17)18/h3-7H,1-2H3,(H,17,18).